The highest BCUT2D eigenvalue weighted by molar-refractivity contribution is 6.07. The Hall–Kier alpha value is -2.32. The van der Waals surface area contributed by atoms with E-state index in [1.54, 1.807) is 11.8 Å². The lowest BCUT2D eigenvalue weighted by molar-refractivity contribution is -0.137. The van der Waals surface area contributed by atoms with Crippen LogP contribution in [0.25, 0.3) is 0 Å². The highest BCUT2D eigenvalue weighted by Crippen LogP contribution is 2.40. The molecule has 0 aromatic heterocycles. The summed E-state index contributed by atoms with van der Waals surface area (Å²) in [5, 5.41) is 2.90. The molecule has 0 radical (unpaired) electrons. The van der Waals surface area contributed by atoms with Crippen molar-refractivity contribution in [2.45, 2.75) is 57.5 Å². The largest absolute Gasteiger partial charge is 0.450 e. The van der Waals surface area contributed by atoms with Gasteiger partial charge in [0, 0.05) is 38.1 Å². The van der Waals surface area contributed by atoms with Crippen LogP contribution in [0.3, 0.4) is 0 Å². The summed E-state index contributed by atoms with van der Waals surface area (Å²) in [7, 11) is 0. The number of ether oxygens (including phenoxy) is 1. The van der Waals surface area contributed by atoms with E-state index >= 15 is 0 Å². The van der Waals surface area contributed by atoms with Gasteiger partial charge in [0.2, 0.25) is 5.91 Å². The maximum Gasteiger partial charge on any atom is 0.409 e. The van der Waals surface area contributed by atoms with E-state index in [2.05, 4.69) is 12.2 Å². The molecule has 3 saturated heterocycles. The highest BCUT2D eigenvalue weighted by Gasteiger charge is 2.55. The van der Waals surface area contributed by atoms with Crippen molar-refractivity contribution in [3.8, 4) is 0 Å². The molecule has 4 fully saturated rings. The molecule has 5 amide bonds. The Morgan fingerprint density at radius 2 is 1.72 bits per heavy atom. The molecule has 1 saturated carbocycles. The molecule has 3 aliphatic heterocycles. The van der Waals surface area contributed by atoms with Gasteiger partial charge in [0.05, 0.1) is 6.61 Å². The minimum atomic E-state index is -0.920. The predicted molar refractivity (Wildman–Crippen MR) is 103 cm³/mol. The van der Waals surface area contributed by atoms with E-state index in [1.807, 2.05) is 4.90 Å². The molecule has 160 valence electrons. The van der Waals surface area contributed by atoms with Crippen LogP contribution in [0, 0.1) is 11.8 Å². The third-order valence-electron chi connectivity index (χ3n) is 6.90. The number of hydrogen-bond acceptors (Lipinski definition) is 5. The van der Waals surface area contributed by atoms with Crippen molar-refractivity contribution >= 4 is 23.9 Å². The van der Waals surface area contributed by atoms with Gasteiger partial charge in [-0.3, -0.25) is 14.5 Å². The van der Waals surface area contributed by atoms with Crippen LogP contribution >= 0.6 is 0 Å². The minimum absolute atomic E-state index is 0.163. The summed E-state index contributed by atoms with van der Waals surface area (Å²) in [6.45, 7) is 6.10. The summed E-state index contributed by atoms with van der Waals surface area (Å²) in [4.78, 5) is 55.0. The zero-order valence-electron chi connectivity index (χ0n) is 17.2. The molecule has 4 rings (SSSR count). The SMILES string of the molecule is CCOC(=O)N1CCC2(CC1)NC(=O)N(C1CCN(C(=O)[C@@H]3C[C@H]3C)CC1)C2=O. The first-order valence-corrected chi connectivity index (χ1v) is 10.7. The molecular formula is C20H30N4O5. The molecule has 9 nitrogen and oxygen atoms in total. The van der Waals surface area contributed by atoms with E-state index in [1.165, 1.54) is 4.90 Å². The minimum Gasteiger partial charge on any atom is -0.450 e. The summed E-state index contributed by atoms with van der Waals surface area (Å²) in [5.74, 6) is 0.671. The zero-order valence-corrected chi connectivity index (χ0v) is 17.2. The van der Waals surface area contributed by atoms with Crippen molar-refractivity contribution in [3.05, 3.63) is 0 Å². The number of carbonyl (C=O) groups excluding carboxylic acids is 4. The second kappa shape index (κ2) is 7.50. The van der Waals surface area contributed by atoms with Crippen LogP contribution in [0.5, 0.6) is 0 Å². The number of amides is 5. The van der Waals surface area contributed by atoms with E-state index in [0.717, 1.165) is 6.42 Å². The molecule has 1 spiro atoms. The third kappa shape index (κ3) is 3.55. The number of nitrogens with zero attached hydrogens (tertiary/aromatic N) is 3. The van der Waals surface area contributed by atoms with Crippen LogP contribution < -0.4 is 5.32 Å². The Morgan fingerprint density at radius 1 is 1.10 bits per heavy atom. The first-order chi connectivity index (χ1) is 13.9. The fourth-order valence-corrected chi connectivity index (χ4v) is 4.84. The Balaban J connectivity index is 1.34. The van der Waals surface area contributed by atoms with Crippen LogP contribution in [-0.4, -0.2) is 83.0 Å². The van der Waals surface area contributed by atoms with Gasteiger partial charge in [-0.05, 0) is 44.9 Å². The number of hydrogen-bond donors (Lipinski definition) is 1. The lowest BCUT2D eigenvalue weighted by Crippen LogP contribution is -2.56. The highest BCUT2D eigenvalue weighted by atomic mass is 16.6. The van der Waals surface area contributed by atoms with Gasteiger partial charge in [-0.1, -0.05) is 6.92 Å². The molecule has 0 aromatic carbocycles. The molecule has 1 aliphatic carbocycles. The van der Waals surface area contributed by atoms with Gasteiger partial charge in [-0.25, -0.2) is 9.59 Å². The van der Waals surface area contributed by atoms with Crippen molar-refractivity contribution in [1.82, 2.24) is 20.0 Å². The molecule has 29 heavy (non-hydrogen) atoms. The summed E-state index contributed by atoms with van der Waals surface area (Å²) in [5.41, 5.74) is -0.920. The van der Waals surface area contributed by atoms with E-state index in [-0.39, 0.29) is 35.9 Å². The maximum absolute atomic E-state index is 13.2. The topological polar surface area (TPSA) is 99.3 Å². The number of rotatable bonds is 3. The number of piperidine rings is 2. The van der Waals surface area contributed by atoms with E-state index in [4.69, 9.17) is 4.74 Å². The average Bonchev–Trinajstić information content (AvgIpc) is 3.39. The normalized spacial score (nSPS) is 29.2. The third-order valence-corrected chi connectivity index (χ3v) is 6.90. The van der Waals surface area contributed by atoms with Gasteiger partial charge in [-0.15, -0.1) is 0 Å². The number of urea groups is 1. The van der Waals surface area contributed by atoms with Crippen LogP contribution in [-0.2, 0) is 14.3 Å². The van der Waals surface area contributed by atoms with Crippen LogP contribution in [0.4, 0.5) is 9.59 Å². The van der Waals surface area contributed by atoms with E-state index in [9.17, 15) is 19.2 Å². The second-order valence-electron chi connectivity index (χ2n) is 8.75. The molecule has 3 heterocycles. The summed E-state index contributed by atoms with van der Waals surface area (Å²) < 4.78 is 5.03. The first kappa shape index (κ1) is 20.0. The summed E-state index contributed by atoms with van der Waals surface area (Å²) >= 11 is 0. The van der Waals surface area contributed by atoms with Crippen LogP contribution in [0.2, 0.25) is 0 Å². The Kier molecular flexibility index (Phi) is 5.16. The molecule has 9 heteroatoms. The smallest absolute Gasteiger partial charge is 0.409 e. The van der Waals surface area contributed by atoms with Crippen molar-refractivity contribution in [2.24, 2.45) is 11.8 Å². The van der Waals surface area contributed by atoms with Gasteiger partial charge >= 0.3 is 12.1 Å². The number of carbonyl (C=O) groups is 4. The molecule has 0 unspecified atom stereocenters. The Labute approximate surface area is 170 Å². The van der Waals surface area contributed by atoms with E-state index < -0.39 is 5.54 Å². The summed E-state index contributed by atoms with van der Waals surface area (Å²) in [6, 6.07) is -0.522. The Bertz CT molecular complexity index is 710. The van der Waals surface area contributed by atoms with Crippen molar-refractivity contribution in [2.75, 3.05) is 32.8 Å². The van der Waals surface area contributed by atoms with Crippen molar-refractivity contribution < 1.29 is 23.9 Å². The van der Waals surface area contributed by atoms with E-state index in [0.29, 0.717) is 64.4 Å². The lowest BCUT2D eigenvalue weighted by Gasteiger charge is -2.38. The molecule has 4 aliphatic rings. The van der Waals surface area contributed by atoms with Gasteiger partial charge in [0.1, 0.15) is 5.54 Å². The van der Waals surface area contributed by atoms with Crippen molar-refractivity contribution in [1.29, 1.82) is 0 Å². The fourth-order valence-electron chi connectivity index (χ4n) is 4.84. The second-order valence-corrected chi connectivity index (χ2v) is 8.75. The van der Waals surface area contributed by atoms with Gasteiger partial charge < -0.3 is 19.9 Å². The quantitative estimate of drug-likeness (QED) is 0.710. The maximum atomic E-state index is 13.2. The van der Waals surface area contributed by atoms with Crippen molar-refractivity contribution in [3.63, 3.8) is 0 Å². The van der Waals surface area contributed by atoms with Gasteiger partial charge in [0.25, 0.3) is 5.91 Å². The number of nitrogens with one attached hydrogen (secondary N) is 1. The van der Waals surface area contributed by atoms with Gasteiger partial charge in [0.15, 0.2) is 0 Å². The molecule has 1 N–H and O–H groups in total. The molecule has 0 bridgehead atoms. The number of imide groups is 1. The lowest BCUT2D eigenvalue weighted by atomic mass is 9.87. The van der Waals surface area contributed by atoms with Crippen LogP contribution in [0.1, 0.15) is 46.0 Å². The monoisotopic (exact) mass is 406 g/mol. The zero-order chi connectivity index (χ0) is 20.8. The fraction of sp³-hybridized carbons (Fsp3) is 0.800. The van der Waals surface area contributed by atoms with Gasteiger partial charge in [-0.2, -0.15) is 0 Å². The Morgan fingerprint density at radius 3 is 2.28 bits per heavy atom. The molecular weight excluding hydrogens is 376 g/mol. The molecule has 2 atom stereocenters. The van der Waals surface area contributed by atoms with Crippen LogP contribution in [0.15, 0.2) is 0 Å². The molecule has 0 aromatic rings. The average molecular weight is 406 g/mol. The summed E-state index contributed by atoms with van der Waals surface area (Å²) in [6.07, 6.45) is 2.62. The first-order valence-electron chi connectivity index (χ1n) is 10.7. The predicted octanol–water partition coefficient (Wildman–Crippen LogP) is 1.18. The standard InChI is InChI=1S/C20H30N4O5/c1-3-29-19(28)23-10-6-20(7-11-23)17(26)24(18(27)21-20)14-4-8-22(9-5-14)16(25)15-12-13(15)2/h13-15H,3-12H2,1-2H3,(H,21,27)/t13-,15-/m1/s1. The number of likely N-dealkylation sites (tertiary alicyclic amines) is 2.